The molecule has 1 saturated carbocycles. The second kappa shape index (κ2) is 8.19. The molecular weight excluding hydrogens is 262 g/mol. The van der Waals surface area contributed by atoms with E-state index in [2.05, 4.69) is 38.2 Å². The van der Waals surface area contributed by atoms with E-state index in [4.69, 9.17) is 0 Å². The first-order chi connectivity index (χ1) is 9.78. The van der Waals surface area contributed by atoms with Crippen LogP contribution in [0.3, 0.4) is 0 Å². The van der Waals surface area contributed by atoms with Gasteiger partial charge in [0.05, 0.1) is 0 Å². The maximum absolute atomic E-state index is 3.84. The van der Waals surface area contributed by atoms with Crippen LogP contribution in [0.4, 0.5) is 0 Å². The molecule has 0 aromatic carbocycles. The summed E-state index contributed by atoms with van der Waals surface area (Å²) in [5.74, 6) is 1.85. The van der Waals surface area contributed by atoms with E-state index in [0.29, 0.717) is 6.04 Å². The van der Waals surface area contributed by atoms with Crippen LogP contribution in [0.5, 0.6) is 0 Å². The quantitative estimate of drug-likeness (QED) is 0.693. The molecule has 1 atom stereocenters. The Balaban J connectivity index is 2.03. The van der Waals surface area contributed by atoms with Gasteiger partial charge in [0.2, 0.25) is 0 Å². The summed E-state index contributed by atoms with van der Waals surface area (Å²) in [5.41, 5.74) is 0. The minimum absolute atomic E-state index is 0.609. The Morgan fingerprint density at radius 1 is 1.15 bits per heavy atom. The van der Waals surface area contributed by atoms with Gasteiger partial charge in [-0.05, 0) is 56.2 Å². The van der Waals surface area contributed by atoms with Gasteiger partial charge in [-0.25, -0.2) is 0 Å². The van der Waals surface area contributed by atoms with E-state index < -0.39 is 0 Å². The Labute approximate surface area is 129 Å². The highest BCUT2D eigenvalue weighted by Crippen LogP contribution is 2.39. The minimum atomic E-state index is 0.609. The Bertz CT molecular complexity index is 377. The average Bonchev–Trinajstić information content (AvgIpc) is 2.97. The highest BCUT2D eigenvalue weighted by molar-refractivity contribution is 7.12. The van der Waals surface area contributed by atoms with E-state index in [1.54, 1.807) is 4.88 Å². The van der Waals surface area contributed by atoms with Gasteiger partial charge >= 0.3 is 0 Å². The van der Waals surface area contributed by atoms with Crippen LogP contribution in [0.2, 0.25) is 0 Å². The third-order valence-corrected chi connectivity index (χ3v) is 6.20. The van der Waals surface area contributed by atoms with Crippen LogP contribution in [0.1, 0.15) is 75.1 Å². The largest absolute Gasteiger partial charge is 0.309 e. The Morgan fingerprint density at radius 3 is 2.45 bits per heavy atom. The zero-order valence-electron chi connectivity index (χ0n) is 13.5. The Hall–Kier alpha value is -0.340. The topological polar surface area (TPSA) is 12.0 Å². The summed E-state index contributed by atoms with van der Waals surface area (Å²) < 4.78 is 0. The zero-order chi connectivity index (χ0) is 14.4. The van der Waals surface area contributed by atoms with Crippen LogP contribution in [0.15, 0.2) is 12.1 Å². The van der Waals surface area contributed by atoms with E-state index in [9.17, 15) is 0 Å². The van der Waals surface area contributed by atoms with Crippen molar-refractivity contribution in [1.82, 2.24) is 5.32 Å². The summed E-state index contributed by atoms with van der Waals surface area (Å²) in [4.78, 5) is 3.11. The van der Waals surface area contributed by atoms with Crippen molar-refractivity contribution in [3.8, 4) is 0 Å². The van der Waals surface area contributed by atoms with Crippen molar-refractivity contribution in [1.29, 1.82) is 0 Å². The first-order valence-corrected chi connectivity index (χ1v) is 9.42. The van der Waals surface area contributed by atoms with Crippen molar-refractivity contribution in [2.75, 3.05) is 6.54 Å². The van der Waals surface area contributed by atoms with Crippen molar-refractivity contribution >= 4 is 11.3 Å². The van der Waals surface area contributed by atoms with Gasteiger partial charge in [-0.2, -0.15) is 0 Å². The first-order valence-electron chi connectivity index (χ1n) is 8.60. The van der Waals surface area contributed by atoms with Gasteiger partial charge in [0.25, 0.3) is 0 Å². The SMILES string of the molecule is CCCNC(c1ccc(CC)s1)C1CCC(CC)CC1. The normalized spacial score (nSPS) is 24.8. The third kappa shape index (κ3) is 4.08. The Kier molecular flexibility index (Phi) is 6.57. The number of hydrogen-bond acceptors (Lipinski definition) is 2. The van der Waals surface area contributed by atoms with Gasteiger partial charge in [-0.15, -0.1) is 11.3 Å². The summed E-state index contributed by atoms with van der Waals surface area (Å²) >= 11 is 2.03. The predicted molar refractivity (Wildman–Crippen MR) is 90.5 cm³/mol. The van der Waals surface area contributed by atoms with Crippen LogP contribution in [0.25, 0.3) is 0 Å². The number of nitrogens with one attached hydrogen (secondary N) is 1. The maximum atomic E-state index is 3.84. The highest BCUT2D eigenvalue weighted by Gasteiger charge is 2.28. The van der Waals surface area contributed by atoms with E-state index in [1.165, 1.54) is 49.8 Å². The molecule has 20 heavy (non-hydrogen) atoms. The van der Waals surface area contributed by atoms with Gasteiger partial charge in [-0.1, -0.05) is 40.0 Å². The van der Waals surface area contributed by atoms with Crippen molar-refractivity contribution in [3.63, 3.8) is 0 Å². The lowest BCUT2D eigenvalue weighted by Gasteiger charge is -2.34. The smallest absolute Gasteiger partial charge is 0.0443 e. The molecule has 1 nitrogen and oxygen atoms in total. The van der Waals surface area contributed by atoms with Gasteiger partial charge in [0.1, 0.15) is 0 Å². The van der Waals surface area contributed by atoms with Crippen LogP contribution in [-0.2, 0) is 6.42 Å². The molecule has 1 fully saturated rings. The first kappa shape index (κ1) is 16.0. The number of hydrogen-bond donors (Lipinski definition) is 1. The molecule has 0 aliphatic heterocycles. The summed E-state index contributed by atoms with van der Waals surface area (Å²) in [7, 11) is 0. The second-order valence-corrected chi connectivity index (χ2v) is 7.48. The van der Waals surface area contributed by atoms with Crippen molar-refractivity contribution in [2.24, 2.45) is 11.8 Å². The third-order valence-electron chi connectivity index (χ3n) is 4.89. The van der Waals surface area contributed by atoms with Gasteiger partial charge in [0, 0.05) is 15.8 Å². The second-order valence-electron chi connectivity index (χ2n) is 6.28. The molecule has 0 amide bonds. The molecule has 0 radical (unpaired) electrons. The number of rotatable bonds is 7. The van der Waals surface area contributed by atoms with E-state index in [0.717, 1.165) is 18.4 Å². The number of aryl methyl sites for hydroxylation is 1. The molecule has 1 N–H and O–H groups in total. The lowest BCUT2D eigenvalue weighted by molar-refractivity contribution is 0.220. The zero-order valence-corrected chi connectivity index (χ0v) is 14.3. The molecule has 1 aliphatic carbocycles. The molecule has 1 heterocycles. The summed E-state index contributed by atoms with van der Waals surface area (Å²) in [6, 6.07) is 5.32. The predicted octanol–water partition coefficient (Wildman–Crippen LogP) is 5.57. The molecule has 0 bridgehead atoms. The van der Waals surface area contributed by atoms with Crippen molar-refractivity contribution in [3.05, 3.63) is 21.9 Å². The van der Waals surface area contributed by atoms with Gasteiger partial charge < -0.3 is 5.32 Å². The van der Waals surface area contributed by atoms with Crippen LogP contribution in [-0.4, -0.2) is 6.54 Å². The fourth-order valence-electron chi connectivity index (χ4n) is 3.48. The molecule has 1 aliphatic rings. The molecule has 114 valence electrons. The fourth-order valence-corrected chi connectivity index (χ4v) is 4.60. The van der Waals surface area contributed by atoms with Gasteiger partial charge in [-0.3, -0.25) is 0 Å². The monoisotopic (exact) mass is 293 g/mol. The number of thiophene rings is 1. The molecule has 1 aromatic rings. The molecule has 2 heteroatoms. The fraction of sp³-hybridized carbons (Fsp3) is 0.778. The summed E-state index contributed by atoms with van der Waals surface area (Å²) in [6.45, 7) is 8.03. The molecule has 1 unspecified atom stereocenters. The highest BCUT2D eigenvalue weighted by atomic mass is 32.1. The maximum Gasteiger partial charge on any atom is 0.0443 e. The van der Waals surface area contributed by atoms with E-state index in [1.807, 2.05) is 11.3 Å². The summed E-state index contributed by atoms with van der Waals surface area (Å²) in [5, 5.41) is 3.84. The molecule has 1 aromatic heterocycles. The molecule has 2 rings (SSSR count). The van der Waals surface area contributed by atoms with Crippen molar-refractivity contribution in [2.45, 2.75) is 71.8 Å². The molecule has 0 spiro atoms. The minimum Gasteiger partial charge on any atom is -0.309 e. The van der Waals surface area contributed by atoms with E-state index >= 15 is 0 Å². The lowest BCUT2D eigenvalue weighted by atomic mass is 9.77. The Morgan fingerprint density at radius 2 is 1.90 bits per heavy atom. The lowest BCUT2D eigenvalue weighted by Crippen LogP contribution is -2.31. The standard InChI is InChI=1S/C18H31NS/c1-4-13-19-18(17-12-11-16(6-3)20-17)15-9-7-14(5-2)8-10-15/h11-12,14-15,18-19H,4-10,13H2,1-3H3. The van der Waals surface area contributed by atoms with Crippen LogP contribution >= 0.6 is 11.3 Å². The van der Waals surface area contributed by atoms with Crippen LogP contribution < -0.4 is 5.32 Å². The van der Waals surface area contributed by atoms with Gasteiger partial charge in [0.15, 0.2) is 0 Å². The summed E-state index contributed by atoms with van der Waals surface area (Å²) in [6.07, 6.45) is 9.49. The van der Waals surface area contributed by atoms with Crippen LogP contribution in [0, 0.1) is 11.8 Å². The van der Waals surface area contributed by atoms with E-state index in [-0.39, 0.29) is 0 Å². The van der Waals surface area contributed by atoms with Crippen molar-refractivity contribution < 1.29 is 0 Å². The average molecular weight is 294 g/mol. The molecule has 0 saturated heterocycles. The molecular formula is C18H31NS.